The minimum absolute atomic E-state index is 0.0277. The van der Waals surface area contributed by atoms with Gasteiger partial charge in [-0.1, -0.05) is 29.8 Å². The average Bonchev–Trinajstić information content (AvgIpc) is 2.36. The molecule has 5 nitrogen and oxygen atoms in total. The lowest BCUT2D eigenvalue weighted by molar-refractivity contribution is 0.455. The van der Waals surface area contributed by atoms with Gasteiger partial charge in [-0.3, -0.25) is 4.79 Å². The molecule has 0 amide bonds. The van der Waals surface area contributed by atoms with Crippen LogP contribution in [0.3, 0.4) is 0 Å². The molecule has 0 saturated carbocycles. The van der Waals surface area contributed by atoms with Crippen molar-refractivity contribution in [1.82, 2.24) is 9.97 Å². The van der Waals surface area contributed by atoms with E-state index in [1.165, 1.54) is 6.33 Å². The van der Waals surface area contributed by atoms with E-state index in [1.807, 2.05) is 18.2 Å². The van der Waals surface area contributed by atoms with Gasteiger partial charge in [0.25, 0.3) is 5.56 Å². The Labute approximate surface area is 119 Å². The second-order valence-corrected chi connectivity index (χ2v) is 5.31. The zero-order valence-corrected chi connectivity index (χ0v) is 12.2. The maximum absolute atomic E-state index is 11.4. The second-order valence-electron chi connectivity index (χ2n) is 4.39. The summed E-state index contributed by atoms with van der Waals surface area (Å²) >= 11 is 3.43. The summed E-state index contributed by atoms with van der Waals surface area (Å²) in [7, 11) is 0. The number of rotatable bonds is 3. The smallest absolute Gasteiger partial charge is 0.277 e. The lowest BCUT2D eigenvalue weighted by Crippen LogP contribution is -2.13. The number of aromatic nitrogens is 2. The number of nitrogens with one attached hydrogen (secondary N) is 1. The number of H-pyrrole nitrogens is 1. The Balaban J connectivity index is 2.44. The lowest BCUT2D eigenvalue weighted by atomic mass is 10.0. The zero-order valence-electron chi connectivity index (χ0n) is 10.6. The van der Waals surface area contributed by atoms with Crippen molar-refractivity contribution in [2.24, 2.45) is 0 Å². The number of aromatic amines is 1. The Hall–Kier alpha value is -1.82. The van der Waals surface area contributed by atoms with Crippen molar-refractivity contribution < 1.29 is 4.74 Å². The average molecular weight is 324 g/mol. The molecule has 19 heavy (non-hydrogen) atoms. The highest BCUT2D eigenvalue weighted by molar-refractivity contribution is 9.10. The number of ether oxygens (including phenoxy) is 1. The second kappa shape index (κ2) is 5.44. The normalized spacial score (nSPS) is 10.7. The Kier molecular flexibility index (Phi) is 3.90. The predicted molar refractivity (Wildman–Crippen MR) is 77.6 cm³/mol. The number of anilines is 1. The number of nitrogens with two attached hydrogens (primary N) is 1. The topological polar surface area (TPSA) is 81.0 Å². The Bertz CT molecular complexity index is 653. The maximum atomic E-state index is 11.4. The molecule has 0 aliphatic carbocycles. The molecular formula is C13H14BrN3O2. The SMILES string of the molecule is CC(C)c1cc(Br)ccc1Oc1nc[nH]c(=O)c1N. The lowest BCUT2D eigenvalue weighted by Gasteiger charge is -2.14. The van der Waals surface area contributed by atoms with E-state index in [0.29, 0.717) is 5.75 Å². The standard InChI is InChI=1S/C13H14BrN3O2/c1-7(2)9-5-8(14)3-4-10(9)19-13-11(15)12(18)16-6-17-13/h3-7H,15H2,1-2H3,(H,16,17,18). The van der Waals surface area contributed by atoms with Gasteiger partial charge in [-0.05, 0) is 29.7 Å². The van der Waals surface area contributed by atoms with Crippen LogP contribution < -0.4 is 16.0 Å². The number of nitrogens with zero attached hydrogens (tertiary/aromatic N) is 1. The van der Waals surface area contributed by atoms with Crippen LogP contribution in [-0.2, 0) is 0 Å². The van der Waals surface area contributed by atoms with E-state index in [4.69, 9.17) is 10.5 Å². The summed E-state index contributed by atoms with van der Waals surface area (Å²) in [5.41, 5.74) is 6.22. The van der Waals surface area contributed by atoms with E-state index in [2.05, 4.69) is 39.7 Å². The third-order valence-corrected chi connectivity index (χ3v) is 3.15. The zero-order chi connectivity index (χ0) is 14.0. The Morgan fingerprint density at radius 3 is 2.84 bits per heavy atom. The van der Waals surface area contributed by atoms with Gasteiger partial charge >= 0.3 is 0 Å². The molecule has 1 heterocycles. The van der Waals surface area contributed by atoms with Gasteiger partial charge in [0.2, 0.25) is 5.88 Å². The first-order valence-electron chi connectivity index (χ1n) is 5.79. The molecule has 0 aliphatic heterocycles. The van der Waals surface area contributed by atoms with Gasteiger partial charge < -0.3 is 15.5 Å². The van der Waals surface area contributed by atoms with Gasteiger partial charge in [0.05, 0.1) is 6.33 Å². The van der Waals surface area contributed by atoms with Crippen molar-refractivity contribution in [3.63, 3.8) is 0 Å². The van der Waals surface area contributed by atoms with E-state index in [9.17, 15) is 4.79 Å². The molecule has 2 aromatic rings. The van der Waals surface area contributed by atoms with Gasteiger partial charge in [0.15, 0.2) is 5.69 Å². The van der Waals surface area contributed by atoms with Gasteiger partial charge in [-0.25, -0.2) is 4.98 Å². The van der Waals surface area contributed by atoms with Crippen LogP contribution in [0.1, 0.15) is 25.3 Å². The molecule has 100 valence electrons. The molecule has 6 heteroatoms. The maximum Gasteiger partial charge on any atom is 0.277 e. The number of hydrogen-bond acceptors (Lipinski definition) is 4. The molecule has 0 fully saturated rings. The van der Waals surface area contributed by atoms with Crippen molar-refractivity contribution in [2.45, 2.75) is 19.8 Å². The third-order valence-electron chi connectivity index (χ3n) is 2.65. The number of nitrogen functional groups attached to an aromatic ring is 1. The summed E-state index contributed by atoms with van der Waals surface area (Å²) in [6.07, 6.45) is 1.27. The van der Waals surface area contributed by atoms with Crippen LogP contribution in [0.15, 0.2) is 33.8 Å². The summed E-state index contributed by atoms with van der Waals surface area (Å²) in [5, 5.41) is 0. The molecule has 0 atom stereocenters. The summed E-state index contributed by atoms with van der Waals surface area (Å²) < 4.78 is 6.63. The first-order chi connectivity index (χ1) is 8.99. The molecule has 3 N–H and O–H groups in total. The third kappa shape index (κ3) is 2.96. The Morgan fingerprint density at radius 2 is 2.16 bits per heavy atom. The number of halogens is 1. The van der Waals surface area contributed by atoms with Gasteiger partial charge in [-0.2, -0.15) is 0 Å². The van der Waals surface area contributed by atoms with E-state index in [1.54, 1.807) is 0 Å². The molecule has 0 unspecified atom stereocenters. The molecule has 0 bridgehead atoms. The Morgan fingerprint density at radius 1 is 1.42 bits per heavy atom. The highest BCUT2D eigenvalue weighted by atomic mass is 79.9. The first kappa shape index (κ1) is 13.6. The largest absolute Gasteiger partial charge is 0.437 e. The molecular weight excluding hydrogens is 310 g/mol. The minimum atomic E-state index is -0.409. The van der Waals surface area contributed by atoms with Crippen molar-refractivity contribution in [3.8, 4) is 11.6 Å². The number of hydrogen-bond donors (Lipinski definition) is 2. The van der Waals surface area contributed by atoms with Crippen LogP contribution >= 0.6 is 15.9 Å². The predicted octanol–water partition coefficient (Wildman–Crippen LogP) is 3.03. The van der Waals surface area contributed by atoms with Crippen LogP contribution in [-0.4, -0.2) is 9.97 Å². The fourth-order valence-corrected chi connectivity index (χ4v) is 2.02. The summed E-state index contributed by atoms with van der Waals surface area (Å²) in [5.74, 6) is 1.03. The molecule has 2 rings (SSSR count). The van der Waals surface area contributed by atoms with E-state index >= 15 is 0 Å². The van der Waals surface area contributed by atoms with E-state index < -0.39 is 5.56 Å². The van der Waals surface area contributed by atoms with Crippen LogP contribution in [0.5, 0.6) is 11.6 Å². The first-order valence-corrected chi connectivity index (χ1v) is 6.58. The van der Waals surface area contributed by atoms with Crippen molar-refractivity contribution >= 4 is 21.6 Å². The van der Waals surface area contributed by atoms with E-state index in [-0.39, 0.29) is 17.5 Å². The quantitative estimate of drug-likeness (QED) is 0.909. The summed E-state index contributed by atoms with van der Waals surface area (Å²) in [6, 6.07) is 5.66. The van der Waals surface area contributed by atoms with Crippen molar-refractivity contribution in [1.29, 1.82) is 0 Å². The monoisotopic (exact) mass is 323 g/mol. The van der Waals surface area contributed by atoms with Crippen LogP contribution in [0, 0.1) is 0 Å². The summed E-state index contributed by atoms with van der Waals surface area (Å²) in [4.78, 5) is 17.7. The fraction of sp³-hybridized carbons (Fsp3) is 0.231. The molecule has 1 aromatic carbocycles. The highest BCUT2D eigenvalue weighted by Crippen LogP contribution is 2.33. The van der Waals surface area contributed by atoms with Crippen molar-refractivity contribution in [3.05, 3.63) is 44.9 Å². The van der Waals surface area contributed by atoms with Crippen LogP contribution in [0.4, 0.5) is 5.69 Å². The molecule has 0 radical (unpaired) electrons. The van der Waals surface area contributed by atoms with E-state index in [0.717, 1.165) is 10.0 Å². The van der Waals surface area contributed by atoms with Gasteiger partial charge in [0, 0.05) is 4.47 Å². The number of benzene rings is 1. The molecule has 1 aromatic heterocycles. The van der Waals surface area contributed by atoms with Crippen LogP contribution in [0.25, 0.3) is 0 Å². The van der Waals surface area contributed by atoms with Gasteiger partial charge in [0.1, 0.15) is 5.75 Å². The molecule has 0 spiro atoms. The fourth-order valence-electron chi connectivity index (χ4n) is 1.64. The molecule has 0 saturated heterocycles. The highest BCUT2D eigenvalue weighted by Gasteiger charge is 2.13. The molecule has 0 aliphatic rings. The summed E-state index contributed by atoms with van der Waals surface area (Å²) in [6.45, 7) is 4.12. The van der Waals surface area contributed by atoms with Gasteiger partial charge in [-0.15, -0.1) is 0 Å². The minimum Gasteiger partial charge on any atom is -0.437 e. The van der Waals surface area contributed by atoms with Crippen molar-refractivity contribution in [2.75, 3.05) is 5.73 Å². The van der Waals surface area contributed by atoms with Crippen LogP contribution in [0.2, 0.25) is 0 Å².